The summed E-state index contributed by atoms with van der Waals surface area (Å²) >= 11 is 0. The highest BCUT2D eigenvalue weighted by Gasteiger charge is 2.48. The quantitative estimate of drug-likeness (QED) is 0.805. The molecule has 1 aliphatic heterocycles. The van der Waals surface area contributed by atoms with Crippen LogP contribution in [0.25, 0.3) is 0 Å². The second-order valence-electron chi connectivity index (χ2n) is 6.03. The Balaban J connectivity index is 2.51. The fraction of sp³-hybridized carbons (Fsp3) is 0.533. The van der Waals surface area contributed by atoms with Crippen molar-refractivity contribution in [2.45, 2.75) is 50.6 Å². The van der Waals surface area contributed by atoms with Crippen LogP contribution < -0.4 is 0 Å². The zero-order chi connectivity index (χ0) is 15.8. The van der Waals surface area contributed by atoms with Crippen LogP contribution in [0, 0.1) is 0 Å². The van der Waals surface area contributed by atoms with Gasteiger partial charge < -0.3 is 4.74 Å². The molecule has 0 amide bonds. The van der Waals surface area contributed by atoms with Crippen LogP contribution in [0.5, 0.6) is 0 Å². The van der Waals surface area contributed by atoms with Gasteiger partial charge in [-0.05, 0) is 39.3 Å². The zero-order valence-electron chi connectivity index (χ0n) is 12.8. The molecule has 0 unspecified atom stereocenters. The van der Waals surface area contributed by atoms with Gasteiger partial charge in [-0.15, -0.1) is 0 Å². The summed E-state index contributed by atoms with van der Waals surface area (Å²) < 4.78 is 31.9. The minimum Gasteiger partial charge on any atom is -0.466 e. The van der Waals surface area contributed by atoms with Gasteiger partial charge >= 0.3 is 5.97 Å². The summed E-state index contributed by atoms with van der Waals surface area (Å²) in [7, 11) is -3.59. The molecular weight excluding hydrogens is 290 g/mol. The van der Waals surface area contributed by atoms with E-state index in [1.165, 1.54) is 4.31 Å². The highest BCUT2D eigenvalue weighted by atomic mass is 32.2. The maximum Gasteiger partial charge on any atom is 0.307 e. The Morgan fingerprint density at radius 1 is 1.29 bits per heavy atom. The summed E-state index contributed by atoms with van der Waals surface area (Å²) in [4.78, 5) is 12.1. The second-order valence-corrected chi connectivity index (χ2v) is 7.82. The van der Waals surface area contributed by atoms with Crippen molar-refractivity contribution < 1.29 is 17.9 Å². The smallest absolute Gasteiger partial charge is 0.307 e. The summed E-state index contributed by atoms with van der Waals surface area (Å²) in [5, 5.41) is 0. The fourth-order valence-corrected chi connectivity index (χ4v) is 5.00. The monoisotopic (exact) mass is 311 g/mol. The van der Waals surface area contributed by atoms with Gasteiger partial charge in [-0.2, -0.15) is 4.31 Å². The van der Waals surface area contributed by atoms with E-state index in [-0.39, 0.29) is 23.9 Å². The first-order valence-corrected chi connectivity index (χ1v) is 8.42. The average Bonchev–Trinajstić information content (AvgIpc) is 2.58. The molecule has 0 saturated heterocycles. The predicted molar refractivity (Wildman–Crippen MR) is 79.2 cm³/mol. The fourth-order valence-electron chi connectivity index (χ4n) is 2.79. The van der Waals surface area contributed by atoms with Gasteiger partial charge in [0.15, 0.2) is 0 Å². The molecule has 5 nitrogen and oxygen atoms in total. The lowest BCUT2D eigenvalue weighted by molar-refractivity contribution is -0.144. The Kier molecular flexibility index (Phi) is 4.13. The van der Waals surface area contributed by atoms with Crippen LogP contribution in [0.3, 0.4) is 0 Å². The maximum absolute atomic E-state index is 12.8. The number of sulfonamides is 1. The molecule has 0 N–H and O–H groups in total. The third-order valence-corrected chi connectivity index (χ3v) is 5.67. The van der Waals surface area contributed by atoms with E-state index in [1.807, 2.05) is 20.8 Å². The van der Waals surface area contributed by atoms with Gasteiger partial charge in [0.1, 0.15) is 0 Å². The van der Waals surface area contributed by atoms with Gasteiger partial charge in [-0.3, -0.25) is 4.79 Å². The van der Waals surface area contributed by atoms with Crippen LogP contribution in [0.2, 0.25) is 0 Å². The van der Waals surface area contributed by atoms with E-state index in [9.17, 15) is 13.2 Å². The first-order chi connectivity index (χ1) is 9.69. The van der Waals surface area contributed by atoms with Crippen LogP contribution in [0.1, 0.15) is 45.7 Å². The highest BCUT2D eigenvalue weighted by molar-refractivity contribution is 7.89. The van der Waals surface area contributed by atoms with Crippen molar-refractivity contribution in [1.29, 1.82) is 0 Å². The number of hydrogen-bond acceptors (Lipinski definition) is 4. The predicted octanol–water partition coefficient (Wildman–Crippen LogP) is 2.48. The van der Waals surface area contributed by atoms with Crippen LogP contribution in [-0.4, -0.2) is 30.8 Å². The molecule has 1 aromatic carbocycles. The van der Waals surface area contributed by atoms with Gasteiger partial charge in [0, 0.05) is 5.54 Å². The number of benzene rings is 1. The van der Waals surface area contributed by atoms with E-state index in [2.05, 4.69) is 0 Å². The highest BCUT2D eigenvalue weighted by Crippen LogP contribution is 2.45. The van der Waals surface area contributed by atoms with Crippen LogP contribution in [-0.2, 0) is 19.6 Å². The summed E-state index contributed by atoms with van der Waals surface area (Å²) in [6.45, 7) is 7.51. The summed E-state index contributed by atoms with van der Waals surface area (Å²) in [6.07, 6.45) is 0.0291. The summed E-state index contributed by atoms with van der Waals surface area (Å²) in [6, 6.07) is 6.34. The van der Waals surface area contributed by atoms with Gasteiger partial charge in [0.05, 0.1) is 24.0 Å². The number of ether oxygens (including phenoxy) is 1. The lowest BCUT2D eigenvalue weighted by Gasteiger charge is -2.35. The number of fused-ring (bicyclic) bond motifs is 1. The number of esters is 1. The first-order valence-electron chi connectivity index (χ1n) is 6.98. The van der Waals surface area contributed by atoms with Crippen LogP contribution >= 0.6 is 0 Å². The van der Waals surface area contributed by atoms with E-state index in [4.69, 9.17) is 4.74 Å². The minimum atomic E-state index is -3.59. The molecule has 0 saturated carbocycles. The van der Waals surface area contributed by atoms with Crippen molar-refractivity contribution in [2.24, 2.45) is 0 Å². The Labute approximate surface area is 126 Å². The van der Waals surface area contributed by atoms with Crippen LogP contribution in [0.15, 0.2) is 29.2 Å². The Morgan fingerprint density at radius 2 is 1.90 bits per heavy atom. The molecule has 1 atom stereocenters. The van der Waals surface area contributed by atoms with E-state index >= 15 is 0 Å². The largest absolute Gasteiger partial charge is 0.466 e. The molecule has 21 heavy (non-hydrogen) atoms. The van der Waals surface area contributed by atoms with Crippen molar-refractivity contribution in [3.05, 3.63) is 29.8 Å². The number of hydrogen-bond donors (Lipinski definition) is 0. The number of rotatable bonds is 3. The van der Waals surface area contributed by atoms with Crippen LogP contribution in [0.4, 0.5) is 0 Å². The lowest BCUT2D eigenvalue weighted by atomic mass is 9.99. The van der Waals surface area contributed by atoms with Crippen molar-refractivity contribution >= 4 is 16.0 Å². The third kappa shape index (κ3) is 2.82. The van der Waals surface area contributed by atoms with Gasteiger partial charge in [-0.25, -0.2) is 8.42 Å². The van der Waals surface area contributed by atoms with E-state index in [0.717, 1.165) is 0 Å². The lowest BCUT2D eigenvalue weighted by Crippen LogP contribution is -2.44. The molecule has 0 aliphatic carbocycles. The van der Waals surface area contributed by atoms with E-state index in [1.54, 1.807) is 31.2 Å². The van der Waals surface area contributed by atoms with E-state index in [0.29, 0.717) is 5.56 Å². The number of carbonyl (C=O) groups is 1. The normalized spacial score (nSPS) is 21.0. The van der Waals surface area contributed by atoms with E-state index < -0.39 is 21.6 Å². The number of carbonyl (C=O) groups excluding carboxylic acids is 1. The zero-order valence-corrected chi connectivity index (χ0v) is 13.6. The average molecular weight is 311 g/mol. The summed E-state index contributed by atoms with van der Waals surface area (Å²) in [5.41, 5.74) is 0.0511. The molecule has 0 fully saturated rings. The topological polar surface area (TPSA) is 63.7 Å². The van der Waals surface area contributed by atoms with Crippen molar-refractivity contribution in [2.75, 3.05) is 6.61 Å². The molecule has 1 heterocycles. The Bertz CT molecular complexity index is 646. The SMILES string of the molecule is CCOC(=O)C[C@H]1c2ccccc2S(=O)(=O)N1C(C)(C)C. The van der Waals surface area contributed by atoms with Crippen molar-refractivity contribution in [1.82, 2.24) is 4.31 Å². The molecule has 2 rings (SSSR count). The standard InChI is InChI=1S/C15H21NO4S/c1-5-20-14(17)10-12-11-8-6-7-9-13(11)21(18,19)16(12)15(2,3)4/h6-9,12H,5,10H2,1-4H3/t12-/m0/s1. The summed E-state index contributed by atoms with van der Waals surface area (Å²) in [5.74, 6) is -0.386. The Morgan fingerprint density at radius 3 is 2.48 bits per heavy atom. The van der Waals surface area contributed by atoms with Gasteiger partial charge in [0.25, 0.3) is 0 Å². The van der Waals surface area contributed by atoms with Gasteiger partial charge in [-0.1, -0.05) is 18.2 Å². The molecule has 6 heteroatoms. The molecule has 0 spiro atoms. The first kappa shape index (κ1) is 16.0. The molecule has 1 aliphatic rings. The molecule has 0 bridgehead atoms. The molecule has 0 aromatic heterocycles. The van der Waals surface area contributed by atoms with Gasteiger partial charge in [0.2, 0.25) is 10.0 Å². The van der Waals surface area contributed by atoms with Crippen molar-refractivity contribution in [3.8, 4) is 0 Å². The molecule has 116 valence electrons. The third-order valence-electron chi connectivity index (χ3n) is 3.42. The van der Waals surface area contributed by atoms with Crippen molar-refractivity contribution in [3.63, 3.8) is 0 Å². The second kappa shape index (κ2) is 5.42. The Hall–Kier alpha value is -1.40. The minimum absolute atomic E-state index is 0.0291. The molecular formula is C15H21NO4S. The maximum atomic E-state index is 12.8. The molecule has 1 aromatic rings. The molecule has 0 radical (unpaired) electrons. The number of nitrogens with zero attached hydrogens (tertiary/aromatic N) is 1.